The zero-order valence-electron chi connectivity index (χ0n) is 9.91. The third-order valence-corrected chi connectivity index (χ3v) is 2.90. The summed E-state index contributed by atoms with van der Waals surface area (Å²) in [7, 11) is 0. The number of anilines is 1. The zero-order valence-corrected chi connectivity index (χ0v) is 9.91. The highest BCUT2D eigenvalue weighted by Gasteiger charge is 2.26. The molecule has 0 aliphatic heterocycles. The van der Waals surface area contributed by atoms with E-state index in [9.17, 15) is 0 Å². The van der Waals surface area contributed by atoms with Gasteiger partial charge in [0.15, 0.2) is 0 Å². The Morgan fingerprint density at radius 2 is 2.20 bits per heavy atom. The molecule has 1 heterocycles. The third kappa shape index (κ3) is 2.89. The number of aryl methyl sites for hydroxylation is 1. The van der Waals surface area contributed by atoms with E-state index in [1.807, 2.05) is 13.0 Å². The molecular formula is C11H20N4. The lowest BCUT2D eigenvalue weighted by atomic mass is 9.88. The van der Waals surface area contributed by atoms with Crippen LogP contribution in [0.2, 0.25) is 0 Å². The Labute approximate surface area is 91.3 Å². The Bertz CT molecular complexity index is 324. The molecule has 4 nitrogen and oxygen atoms in total. The van der Waals surface area contributed by atoms with E-state index in [4.69, 9.17) is 5.73 Å². The highest BCUT2D eigenvalue weighted by Crippen LogP contribution is 2.20. The maximum absolute atomic E-state index is 5.78. The zero-order chi connectivity index (χ0) is 11.5. The van der Waals surface area contributed by atoms with Crippen LogP contribution in [0, 0.1) is 12.8 Å². The summed E-state index contributed by atoms with van der Waals surface area (Å²) in [6.07, 6.45) is 1.74. The van der Waals surface area contributed by atoms with Crippen LogP contribution >= 0.6 is 0 Å². The fraction of sp³-hybridized carbons (Fsp3) is 0.636. The van der Waals surface area contributed by atoms with Gasteiger partial charge in [0.25, 0.3) is 0 Å². The van der Waals surface area contributed by atoms with Crippen LogP contribution in [0.5, 0.6) is 0 Å². The van der Waals surface area contributed by atoms with Gasteiger partial charge < -0.3 is 11.1 Å². The predicted molar refractivity (Wildman–Crippen MR) is 62.7 cm³/mol. The van der Waals surface area contributed by atoms with Gasteiger partial charge >= 0.3 is 0 Å². The second-order valence-electron chi connectivity index (χ2n) is 4.52. The first-order valence-electron chi connectivity index (χ1n) is 5.25. The lowest BCUT2D eigenvalue weighted by molar-refractivity contribution is 0.381. The number of hydrogen-bond donors (Lipinski definition) is 2. The number of aromatic nitrogens is 2. The van der Waals surface area contributed by atoms with Crippen LogP contribution in [-0.2, 0) is 0 Å². The first-order chi connectivity index (χ1) is 6.98. The summed E-state index contributed by atoms with van der Waals surface area (Å²) in [6, 6.07) is 1.98. The van der Waals surface area contributed by atoms with Crippen molar-refractivity contribution in [1.82, 2.24) is 10.2 Å². The van der Waals surface area contributed by atoms with Gasteiger partial charge in [-0.15, -0.1) is 5.10 Å². The summed E-state index contributed by atoms with van der Waals surface area (Å²) in [5, 5.41) is 11.3. The van der Waals surface area contributed by atoms with Gasteiger partial charge in [0.05, 0.1) is 11.7 Å². The Kier molecular flexibility index (Phi) is 3.63. The van der Waals surface area contributed by atoms with Gasteiger partial charge in [-0.2, -0.15) is 5.10 Å². The standard InChI is InChI=1S/C11H20N4/c1-8(2)11(4,7-12)14-10-5-9(3)6-13-15-10/h5-6,8H,7,12H2,1-4H3,(H,14,15). The van der Waals surface area contributed by atoms with E-state index < -0.39 is 0 Å². The van der Waals surface area contributed by atoms with Crippen molar-refractivity contribution in [2.45, 2.75) is 33.2 Å². The number of nitrogens with one attached hydrogen (secondary N) is 1. The summed E-state index contributed by atoms with van der Waals surface area (Å²) >= 11 is 0. The molecular weight excluding hydrogens is 188 g/mol. The first-order valence-corrected chi connectivity index (χ1v) is 5.25. The molecule has 1 atom stereocenters. The predicted octanol–water partition coefficient (Wildman–Crippen LogP) is 1.57. The van der Waals surface area contributed by atoms with Crippen molar-refractivity contribution >= 4 is 5.82 Å². The molecule has 1 aromatic heterocycles. The fourth-order valence-electron chi connectivity index (χ4n) is 1.25. The van der Waals surface area contributed by atoms with Crippen molar-refractivity contribution in [2.24, 2.45) is 11.7 Å². The third-order valence-electron chi connectivity index (χ3n) is 2.90. The van der Waals surface area contributed by atoms with Gasteiger partial charge in [-0.3, -0.25) is 0 Å². The summed E-state index contributed by atoms with van der Waals surface area (Å²) in [6.45, 7) is 8.95. The Balaban J connectivity index is 2.84. The van der Waals surface area contributed by atoms with E-state index in [-0.39, 0.29) is 5.54 Å². The smallest absolute Gasteiger partial charge is 0.149 e. The molecule has 0 aromatic carbocycles. The Hall–Kier alpha value is -1.16. The number of hydrogen-bond acceptors (Lipinski definition) is 4. The molecule has 0 aliphatic rings. The van der Waals surface area contributed by atoms with E-state index >= 15 is 0 Å². The molecule has 1 unspecified atom stereocenters. The molecule has 1 aromatic rings. The monoisotopic (exact) mass is 208 g/mol. The molecule has 0 radical (unpaired) electrons. The summed E-state index contributed by atoms with van der Waals surface area (Å²) in [5.74, 6) is 1.22. The molecule has 0 aliphatic carbocycles. The number of rotatable bonds is 4. The van der Waals surface area contributed by atoms with E-state index in [0.29, 0.717) is 12.5 Å². The topological polar surface area (TPSA) is 63.8 Å². The molecule has 0 bridgehead atoms. The van der Waals surface area contributed by atoms with Crippen LogP contribution in [0.1, 0.15) is 26.3 Å². The minimum atomic E-state index is -0.136. The number of nitrogens with zero attached hydrogens (tertiary/aromatic N) is 2. The van der Waals surface area contributed by atoms with Crippen molar-refractivity contribution in [3.05, 3.63) is 17.8 Å². The van der Waals surface area contributed by atoms with Crippen LogP contribution in [0.3, 0.4) is 0 Å². The average molecular weight is 208 g/mol. The van der Waals surface area contributed by atoms with Crippen LogP contribution < -0.4 is 11.1 Å². The fourth-order valence-corrected chi connectivity index (χ4v) is 1.25. The first kappa shape index (κ1) is 11.9. The van der Waals surface area contributed by atoms with Gasteiger partial charge in [0.2, 0.25) is 0 Å². The summed E-state index contributed by atoms with van der Waals surface area (Å²) in [5.41, 5.74) is 6.74. The maximum atomic E-state index is 5.78. The van der Waals surface area contributed by atoms with Gasteiger partial charge in [0, 0.05) is 6.54 Å². The molecule has 0 amide bonds. The summed E-state index contributed by atoms with van der Waals surface area (Å²) < 4.78 is 0. The quantitative estimate of drug-likeness (QED) is 0.788. The van der Waals surface area contributed by atoms with Gasteiger partial charge in [-0.05, 0) is 31.4 Å². The largest absolute Gasteiger partial charge is 0.362 e. The van der Waals surface area contributed by atoms with Crippen molar-refractivity contribution in [2.75, 3.05) is 11.9 Å². The molecule has 0 fully saturated rings. The van der Waals surface area contributed by atoms with Crippen molar-refractivity contribution in [1.29, 1.82) is 0 Å². The normalized spacial score (nSPS) is 15.1. The average Bonchev–Trinajstić information content (AvgIpc) is 2.17. The van der Waals surface area contributed by atoms with E-state index in [1.165, 1.54) is 0 Å². The van der Waals surface area contributed by atoms with Crippen molar-refractivity contribution in [3.63, 3.8) is 0 Å². The Morgan fingerprint density at radius 3 is 2.67 bits per heavy atom. The molecule has 15 heavy (non-hydrogen) atoms. The van der Waals surface area contributed by atoms with Crippen LogP contribution in [0.25, 0.3) is 0 Å². The minimum Gasteiger partial charge on any atom is -0.362 e. The second kappa shape index (κ2) is 4.57. The lowest BCUT2D eigenvalue weighted by Gasteiger charge is -2.33. The second-order valence-corrected chi connectivity index (χ2v) is 4.52. The number of nitrogens with two attached hydrogens (primary N) is 1. The van der Waals surface area contributed by atoms with E-state index in [1.54, 1.807) is 6.20 Å². The molecule has 84 valence electrons. The van der Waals surface area contributed by atoms with Crippen LogP contribution in [-0.4, -0.2) is 22.3 Å². The summed E-state index contributed by atoms with van der Waals surface area (Å²) in [4.78, 5) is 0. The van der Waals surface area contributed by atoms with Gasteiger partial charge in [-0.1, -0.05) is 13.8 Å². The highest BCUT2D eigenvalue weighted by atomic mass is 15.2. The molecule has 0 spiro atoms. The van der Waals surface area contributed by atoms with Gasteiger partial charge in [0.1, 0.15) is 5.82 Å². The SMILES string of the molecule is Cc1cnnc(NC(C)(CN)C(C)C)c1. The highest BCUT2D eigenvalue weighted by molar-refractivity contribution is 5.38. The maximum Gasteiger partial charge on any atom is 0.149 e. The van der Waals surface area contributed by atoms with Gasteiger partial charge in [-0.25, -0.2) is 0 Å². The molecule has 1 rings (SSSR count). The van der Waals surface area contributed by atoms with Crippen molar-refractivity contribution < 1.29 is 0 Å². The molecule has 4 heteroatoms. The molecule has 0 saturated carbocycles. The van der Waals surface area contributed by atoms with Crippen LogP contribution in [0.15, 0.2) is 12.3 Å². The Morgan fingerprint density at radius 1 is 1.53 bits per heavy atom. The lowest BCUT2D eigenvalue weighted by Crippen LogP contribution is -2.47. The van der Waals surface area contributed by atoms with Crippen molar-refractivity contribution in [3.8, 4) is 0 Å². The molecule has 3 N–H and O–H groups in total. The molecule has 0 saturated heterocycles. The van der Waals surface area contributed by atoms with E-state index in [0.717, 1.165) is 11.4 Å². The van der Waals surface area contributed by atoms with E-state index in [2.05, 4.69) is 36.3 Å². The van der Waals surface area contributed by atoms with Crippen LogP contribution in [0.4, 0.5) is 5.82 Å². The minimum absolute atomic E-state index is 0.136.